The summed E-state index contributed by atoms with van der Waals surface area (Å²) in [6.07, 6.45) is 6.32. The van der Waals surface area contributed by atoms with E-state index in [0.29, 0.717) is 12.3 Å². The fourth-order valence-electron chi connectivity index (χ4n) is 1.77. The number of nitrogens with one attached hydrogen (secondary N) is 1. The van der Waals surface area contributed by atoms with Crippen molar-refractivity contribution in [2.24, 2.45) is 0 Å². The van der Waals surface area contributed by atoms with Gasteiger partial charge in [0.1, 0.15) is 17.4 Å². The SMILES string of the molecule is Cc1ccc(CNC(=O)/C(C#N)=C\C=C\c2ccco2)cc1. The third kappa shape index (κ3) is 4.50. The molecule has 1 N–H and O–H groups in total. The van der Waals surface area contributed by atoms with Crippen molar-refractivity contribution in [3.63, 3.8) is 0 Å². The summed E-state index contributed by atoms with van der Waals surface area (Å²) in [7, 11) is 0. The number of amides is 1. The maximum absolute atomic E-state index is 11.9. The lowest BCUT2D eigenvalue weighted by Crippen LogP contribution is -2.23. The third-order valence-electron chi connectivity index (χ3n) is 3.01. The molecule has 110 valence electrons. The number of hydrogen-bond acceptors (Lipinski definition) is 3. The van der Waals surface area contributed by atoms with Crippen LogP contribution in [0.5, 0.6) is 0 Å². The highest BCUT2D eigenvalue weighted by Crippen LogP contribution is 2.05. The molecular weight excluding hydrogens is 276 g/mol. The number of nitriles is 1. The number of hydrogen-bond donors (Lipinski definition) is 1. The van der Waals surface area contributed by atoms with Gasteiger partial charge in [-0.25, -0.2) is 0 Å². The Morgan fingerprint density at radius 3 is 2.73 bits per heavy atom. The van der Waals surface area contributed by atoms with E-state index in [2.05, 4.69) is 5.32 Å². The summed E-state index contributed by atoms with van der Waals surface area (Å²) in [5.74, 6) is 0.265. The van der Waals surface area contributed by atoms with Crippen molar-refractivity contribution < 1.29 is 9.21 Å². The van der Waals surface area contributed by atoms with E-state index in [0.717, 1.165) is 11.1 Å². The second-order valence-electron chi connectivity index (χ2n) is 4.73. The van der Waals surface area contributed by atoms with Gasteiger partial charge in [-0.1, -0.05) is 35.9 Å². The number of allylic oxidation sites excluding steroid dienone is 2. The summed E-state index contributed by atoms with van der Waals surface area (Å²) in [4.78, 5) is 11.9. The molecule has 1 amide bonds. The molecular formula is C18H16N2O2. The molecule has 0 saturated carbocycles. The van der Waals surface area contributed by atoms with E-state index < -0.39 is 5.91 Å². The Bertz CT molecular complexity index is 717. The van der Waals surface area contributed by atoms with Crippen LogP contribution in [-0.4, -0.2) is 5.91 Å². The van der Waals surface area contributed by atoms with Gasteiger partial charge in [0.15, 0.2) is 0 Å². The molecule has 0 radical (unpaired) electrons. The van der Waals surface area contributed by atoms with Gasteiger partial charge in [-0.3, -0.25) is 4.79 Å². The van der Waals surface area contributed by atoms with Gasteiger partial charge < -0.3 is 9.73 Å². The molecule has 1 aromatic heterocycles. The molecule has 0 aliphatic heterocycles. The zero-order chi connectivity index (χ0) is 15.8. The summed E-state index contributed by atoms with van der Waals surface area (Å²) in [5, 5.41) is 11.8. The van der Waals surface area contributed by atoms with Gasteiger partial charge in [0.05, 0.1) is 6.26 Å². The van der Waals surface area contributed by atoms with Crippen LogP contribution in [0.1, 0.15) is 16.9 Å². The molecule has 0 fully saturated rings. The lowest BCUT2D eigenvalue weighted by atomic mass is 10.1. The summed E-state index contributed by atoms with van der Waals surface area (Å²) >= 11 is 0. The van der Waals surface area contributed by atoms with E-state index in [-0.39, 0.29) is 5.57 Å². The molecule has 2 rings (SSSR count). The molecule has 4 nitrogen and oxygen atoms in total. The molecule has 0 bridgehead atoms. The molecule has 0 atom stereocenters. The maximum Gasteiger partial charge on any atom is 0.262 e. The van der Waals surface area contributed by atoms with Crippen LogP contribution >= 0.6 is 0 Å². The minimum absolute atomic E-state index is 0.0508. The summed E-state index contributed by atoms with van der Waals surface area (Å²) in [5.41, 5.74) is 2.20. The first-order chi connectivity index (χ1) is 10.7. The van der Waals surface area contributed by atoms with E-state index in [1.807, 2.05) is 37.3 Å². The highest BCUT2D eigenvalue weighted by Gasteiger charge is 2.07. The normalized spacial score (nSPS) is 11.4. The minimum Gasteiger partial charge on any atom is -0.465 e. The van der Waals surface area contributed by atoms with Crippen LogP contribution in [0.25, 0.3) is 6.08 Å². The van der Waals surface area contributed by atoms with Gasteiger partial charge in [0.2, 0.25) is 0 Å². The molecule has 2 aromatic rings. The van der Waals surface area contributed by atoms with Crippen LogP contribution < -0.4 is 5.32 Å². The van der Waals surface area contributed by atoms with Crippen LogP contribution in [0.4, 0.5) is 0 Å². The standard InChI is InChI=1S/C18H16N2O2/c1-14-7-9-15(10-8-14)13-20-18(21)16(12-19)4-2-5-17-6-3-11-22-17/h2-11H,13H2,1H3,(H,20,21)/b5-2+,16-4-. The summed E-state index contributed by atoms with van der Waals surface area (Å²) < 4.78 is 5.12. The van der Waals surface area contributed by atoms with E-state index in [1.165, 1.54) is 6.08 Å². The van der Waals surface area contributed by atoms with Gasteiger partial charge in [0, 0.05) is 6.54 Å². The number of carbonyl (C=O) groups excluding carboxylic acids is 1. The average Bonchev–Trinajstić information content (AvgIpc) is 3.04. The highest BCUT2D eigenvalue weighted by molar-refractivity contribution is 5.97. The predicted octanol–water partition coefficient (Wildman–Crippen LogP) is 3.37. The van der Waals surface area contributed by atoms with Gasteiger partial charge in [-0.2, -0.15) is 5.26 Å². The second-order valence-corrected chi connectivity index (χ2v) is 4.73. The van der Waals surface area contributed by atoms with Gasteiger partial charge in [-0.15, -0.1) is 0 Å². The van der Waals surface area contributed by atoms with E-state index in [1.54, 1.807) is 30.5 Å². The first-order valence-electron chi connectivity index (χ1n) is 6.85. The zero-order valence-electron chi connectivity index (χ0n) is 12.2. The lowest BCUT2D eigenvalue weighted by molar-refractivity contribution is -0.117. The third-order valence-corrected chi connectivity index (χ3v) is 3.01. The smallest absolute Gasteiger partial charge is 0.262 e. The number of furan rings is 1. The van der Waals surface area contributed by atoms with Crippen molar-refractivity contribution in [1.82, 2.24) is 5.32 Å². The Kier molecular flexibility index (Phi) is 5.33. The largest absolute Gasteiger partial charge is 0.465 e. The highest BCUT2D eigenvalue weighted by atomic mass is 16.3. The fraction of sp³-hybridized carbons (Fsp3) is 0.111. The van der Waals surface area contributed by atoms with Gasteiger partial charge in [-0.05, 0) is 36.8 Å². The Morgan fingerprint density at radius 2 is 2.09 bits per heavy atom. The van der Waals surface area contributed by atoms with Crippen LogP contribution in [0, 0.1) is 18.3 Å². The van der Waals surface area contributed by atoms with Crippen LogP contribution in [0.3, 0.4) is 0 Å². The molecule has 0 aliphatic rings. The van der Waals surface area contributed by atoms with Gasteiger partial charge in [0.25, 0.3) is 5.91 Å². The Morgan fingerprint density at radius 1 is 1.32 bits per heavy atom. The molecule has 1 heterocycles. The lowest BCUT2D eigenvalue weighted by Gasteiger charge is -2.04. The Labute approximate surface area is 129 Å². The van der Waals surface area contributed by atoms with Crippen molar-refractivity contribution in [3.05, 3.63) is 77.3 Å². The number of aryl methyl sites for hydroxylation is 1. The summed E-state index contributed by atoms with van der Waals surface area (Å²) in [6.45, 7) is 2.39. The first kappa shape index (κ1) is 15.3. The van der Waals surface area contributed by atoms with Crippen LogP contribution in [0.15, 0.2) is 64.8 Å². The van der Waals surface area contributed by atoms with Crippen molar-refractivity contribution in [1.29, 1.82) is 5.26 Å². The predicted molar refractivity (Wildman–Crippen MR) is 84.5 cm³/mol. The Hall–Kier alpha value is -3.06. The fourth-order valence-corrected chi connectivity index (χ4v) is 1.77. The number of rotatable bonds is 5. The molecule has 1 aromatic carbocycles. The number of nitrogens with zero attached hydrogens (tertiary/aromatic N) is 1. The molecule has 4 heteroatoms. The van der Waals surface area contributed by atoms with Gasteiger partial charge >= 0.3 is 0 Å². The van der Waals surface area contributed by atoms with Crippen molar-refractivity contribution in [2.45, 2.75) is 13.5 Å². The average molecular weight is 292 g/mol. The summed E-state index contributed by atoms with van der Waals surface area (Å²) in [6, 6.07) is 13.3. The van der Waals surface area contributed by atoms with Crippen LogP contribution in [0.2, 0.25) is 0 Å². The maximum atomic E-state index is 11.9. The minimum atomic E-state index is -0.396. The Balaban J connectivity index is 1.94. The monoisotopic (exact) mass is 292 g/mol. The van der Waals surface area contributed by atoms with E-state index in [4.69, 9.17) is 9.68 Å². The van der Waals surface area contributed by atoms with E-state index in [9.17, 15) is 4.79 Å². The quantitative estimate of drug-likeness (QED) is 0.522. The zero-order valence-corrected chi connectivity index (χ0v) is 12.2. The van der Waals surface area contributed by atoms with Crippen molar-refractivity contribution >= 4 is 12.0 Å². The van der Waals surface area contributed by atoms with Crippen molar-refractivity contribution in [3.8, 4) is 6.07 Å². The topological polar surface area (TPSA) is 66.0 Å². The molecule has 0 unspecified atom stereocenters. The van der Waals surface area contributed by atoms with E-state index >= 15 is 0 Å². The number of carbonyl (C=O) groups is 1. The first-order valence-corrected chi connectivity index (χ1v) is 6.85. The molecule has 0 saturated heterocycles. The molecule has 0 spiro atoms. The second kappa shape index (κ2) is 7.65. The number of benzene rings is 1. The van der Waals surface area contributed by atoms with Crippen molar-refractivity contribution in [2.75, 3.05) is 0 Å². The molecule has 22 heavy (non-hydrogen) atoms. The molecule has 0 aliphatic carbocycles. The van der Waals surface area contributed by atoms with Crippen LogP contribution in [-0.2, 0) is 11.3 Å².